The summed E-state index contributed by atoms with van der Waals surface area (Å²) in [6.07, 6.45) is 0. The highest BCUT2D eigenvalue weighted by molar-refractivity contribution is 9.08. The van der Waals surface area contributed by atoms with Gasteiger partial charge in [0.25, 0.3) is 0 Å². The van der Waals surface area contributed by atoms with Crippen LogP contribution in [0.5, 0.6) is 0 Å². The topological polar surface area (TPSA) is 0 Å². The molecule has 0 aliphatic carbocycles. The van der Waals surface area contributed by atoms with Crippen LogP contribution in [0.1, 0.15) is 5.56 Å². The van der Waals surface area contributed by atoms with E-state index in [-0.39, 0.29) is 11.8 Å². The molecule has 0 saturated carbocycles. The van der Waals surface area contributed by atoms with Gasteiger partial charge in [-0.15, -0.1) is 11.3 Å². The molecular formula is C6H4BrF3S2. The van der Waals surface area contributed by atoms with Gasteiger partial charge in [-0.1, -0.05) is 15.9 Å². The van der Waals surface area contributed by atoms with Crippen LogP contribution in [0.3, 0.4) is 0 Å². The van der Waals surface area contributed by atoms with E-state index in [9.17, 15) is 13.2 Å². The molecular weight excluding hydrogens is 273 g/mol. The van der Waals surface area contributed by atoms with Crippen molar-refractivity contribution < 1.29 is 13.2 Å². The molecule has 0 saturated heterocycles. The third-order valence-electron chi connectivity index (χ3n) is 1.06. The maximum Gasteiger partial charge on any atom is 0.447 e. The van der Waals surface area contributed by atoms with E-state index < -0.39 is 5.51 Å². The van der Waals surface area contributed by atoms with E-state index in [4.69, 9.17) is 0 Å². The van der Waals surface area contributed by atoms with Crippen molar-refractivity contribution in [2.45, 2.75) is 15.0 Å². The molecule has 0 spiro atoms. The van der Waals surface area contributed by atoms with Gasteiger partial charge in [-0.05, 0) is 28.8 Å². The first-order valence-electron chi connectivity index (χ1n) is 2.91. The summed E-state index contributed by atoms with van der Waals surface area (Å²) in [7, 11) is 0. The van der Waals surface area contributed by atoms with Crippen LogP contribution in [0.25, 0.3) is 0 Å². The zero-order valence-corrected chi connectivity index (χ0v) is 8.91. The molecule has 1 aromatic heterocycles. The van der Waals surface area contributed by atoms with Crippen LogP contribution in [0, 0.1) is 0 Å². The van der Waals surface area contributed by atoms with E-state index in [2.05, 4.69) is 15.9 Å². The molecule has 0 amide bonds. The fourth-order valence-electron chi connectivity index (χ4n) is 0.615. The minimum absolute atomic E-state index is 0.0529. The minimum Gasteiger partial charge on any atom is -0.160 e. The second-order valence-corrected chi connectivity index (χ2v) is 4.73. The second-order valence-electron chi connectivity index (χ2n) is 1.91. The zero-order chi connectivity index (χ0) is 9.19. The van der Waals surface area contributed by atoms with Crippen molar-refractivity contribution in [3.05, 3.63) is 17.0 Å². The number of halogens is 4. The van der Waals surface area contributed by atoms with Gasteiger partial charge in [0, 0.05) is 5.33 Å². The summed E-state index contributed by atoms with van der Waals surface area (Å²) in [6, 6.07) is 1.69. The Morgan fingerprint density at radius 1 is 1.50 bits per heavy atom. The lowest BCUT2D eigenvalue weighted by atomic mass is 10.4. The average molecular weight is 277 g/mol. The van der Waals surface area contributed by atoms with Gasteiger partial charge >= 0.3 is 5.51 Å². The first kappa shape index (κ1) is 10.4. The van der Waals surface area contributed by atoms with Crippen molar-refractivity contribution in [3.63, 3.8) is 0 Å². The predicted molar refractivity (Wildman–Crippen MR) is 48.9 cm³/mol. The van der Waals surface area contributed by atoms with E-state index in [1.807, 2.05) is 0 Å². The molecule has 0 nitrogen and oxygen atoms in total. The quantitative estimate of drug-likeness (QED) is 0.575. The van der Waals surface area contributed by atoms with Crippen molar-refractivity contribution >= 4 is 39.0 Å². The van der Waals surface area contributed by atoms with Crippen LogP contribution in [0.4, 0.5) is 13.2 Å². The van der Waals surface area contributed by atoms with Gasteiger partial charge in [-0.25, -0.2) is 0 Å². The molecule has 0 radical (unpaired) electrons. The Bertz CT molecular complexity index is 256. The van der Waals surface area contributed by atoms with Crippen LogP contribution in [0.2, 0.25) is 0 Å². The van der Waals surface area contributed by atoms with Crippen molar-refractivity contribution in [1.82, 2.24) is 0 Å². The molecule has 0 fully saturated rings. The lowest BCUT2D eigenvalue weighted by molar-refractivity contribution is -0.0327. The average Bonchev–Trinajstić information content (AvgIpc) is 2.31. The molecule has 1 aromatic rings. The molecule has 0 bridgehead atoms. The van der Waals surface area contributed by atoms with E-state index in [1.165, 1.54) is 0 Å². The number of hydrogen-bond donors (Lipinski definition) is 0. The van der Waals surface area contributed by atoms with Gasteiger partial charge in [-0.2, -0.15) is 13.2 Å². The molecule has 0 aromatic carbocycles. The van der Waals surface area contributed by atoms with E-state index >= 15 is 0 Å². The molecule has 1 heterocycles. The first-order valence-corrected chi connectivity index (χ1v) is 5.73. The van der Waals surface area contributed by atoms with Crippen molar-refractivity contribution in [2.75, 3.05) is 0 Å². The molecule has 1 rings (SSSR count). The Kier molecular flexibility index (Phi) is 3.48. The molecule has 0 unspecified atom stereocenters. The maximum absolute atomic E-state index is 11.9. The van der Waals surface area contributed by atoms with Gasteiger partial charge in [0.2, 0.25) is 0 Å². The fourth-order valence-corrected chi connectivity index (χ4v) is 3.23. The smallest absolute Gasteiger partial charge is 0.160 e. The Morgan fingerprint density at radius 2 is 2.17 bits per heavy atom. The largest absolute Gasteiger partial charge is 0.447 e. The molecule has 6 heteroatoms. The third kappa shape index (κ3) is 2.99. The van der Waals surface area contributed by atoms with Gasteiger partial charge < -0.3 is 0 Å². The Morgan fingerprint density at radius 3 is 2.67 bits per heavy atom. The van der Waals surface area contributed by atoms with Crippen molar-refractivity contribution in [2.24, 2.45) is 0 Å². The zero-order valence-electron chi connectivity index (χ0n) is 5.69. The summed E-state index contributed by atoms with van der Waals surface area (Å²) in [6.45, 7) is 0. The molecule has 0 aliphatic rings. The standard InChI is InChI=1S/C6H4BrF3S2/c7-3-4-1-2-11-5(4)12-6(8,9)10/h1-2H,3H2. The molecule has 68 valence electrons. The van der Waals surface area contributed by atoms with E-state index in [0.717, 1.165) is 11.3 Å². The monoisotopic (exact) mass is 276 g/mol. The van der Waals surface area contributed by atoms with Crippen LogP contribution >= 0.6 is 39.0 Å². The number of alkyl halides is 4. The predicted octanol–water partition coefficient (Wildman–Crippen LogP) is 4.25. The summed E-state index contributed by atoms with van der Waals surface area (Å²) in [5.74, 6) is 0. The highest BCUT2D eigenvalue weighted by Gasteiger charge is 2.30. The van der Waals surface area contributed by atoms with Gasteiger partial charge in [0.15, 0.2) is 0 Å². The van der Waals surface area contributed by atoms with Gasteiger partial charge in [0.05, 0.1) is 4.21 Å². The minimum atomic E-state index is -4.18. The van der Waals surface area contributed by atoms with Crippen LogP contribution in [0.15, 0.2) is 15.7 Å². The Labute approximate surface area is 84.3 Å². The summed E-state index contributed by atoms with van der Waals surface area (Å²) < 4.78 is 36.0. The normalized spacial score (nSPS) is 12.0. The summed E-state index contributed by atoms with van der Waals surface area (Å²) >= 11 is 4.18. The lowest BCUT2D eigenvalue weighted by Crippen LogP contribution is -1.98. The third-order valence-corrected chi connectivity index (χ3v) is 3.63. The van der Waals surface area contributed by atoms with Crippen LogP contribution < -0.4 is 0 Å². The molecule has 12 heavy (non-hydrogen) atoms. The van der Waals surface area contributed by atoms with E-state index in [0.29, 0.717) is 15.1 Å². The Hall–Kier alpha value is 0.320. The van der Waals surface area contributed by atoms with Crippen molar-refractivity contribution in [1.29, 1.82) is 0 Å². The summed E-state index contributed by atoms with van der Waals surface area (Å²) in [5, 5.41) is 2.12. The van der Waals surface area contributed by atoms with Crippen molar-refractivity contribution in [3.8, 4) is 0 Å². The maximum atomic E-state index is 11.9. The fraction of sp³-hybridized carbons (Fsp3) is 0.333. The summed E-state index contributed by atoms with van der Waals surface area (Å²) in [4.78, 5) is 0. The molecule has 0 aliphatic heterocycles. The number of rotatable bonds is 2. The first-order chi connectivity index (χ1) is 5.53. The van der Waals surface area contributed by atoms with Crippen LogP contribution in [-0.2, 0) is 5.33 Å². The number of hydrogen-bond acceptors (Lipinski definition) is 2. The molecule has 0 atom stereocenters. The van der Waals surface area contributed by atoms with Gasteiger partial charge in [-0.3, -0.25) is 0 Å². The summed E-state index contributed by atoms with van der Waals surface area (Å²) in [5.41, 5.74) is -3.48. The highest BCUT2D eigenvalue weighted by atomic mass is 79.9. The number of thiophene rings is 1. The highest BCUT2D eigenvalue weighted by Crippen LogP contribution is 2.41. The molecule has 0 N–H and O–H groups in total. The van der Waals surface area contributed by atoms with Gasteiger partial charge in [0.1, 0.15) is 0 Å². The Balaban J connectivity index is 2.75. The van der Waals surface area contributed by atoms with E-state index in [1.54, 1.807) is 11.4 Å². The second kappa shape index (κ2) is 4.02. The SMILES string of the molecule is FC(F)(F)Sc1sccc1CBr. The number of thioether (sulfide) groups is 1. The van der Waals surface area contributed by atoms with Crippen LogP contribution in [-0.4, -0.2) is 5.51 Å². The lowest BCUT2D eigenvalue weighted by Gasteiger charge is -2.03.